The van der Waals surface area contributed by atoms with Crippen molar-refractivity contribution in [3.63, 3.8) is 0 Å². The van der Waals surface area contributed by atoms with Crippen LogP contribution in [0.2, 0.25) is 0 Å². The molecule has 0 spiro atoms. The van der Waals surface area contributed by atoms with E-state index in [1.54, 1.807) is 0 Å². The number of piperidine rings is 1. The number of rotatable bonds is 2. The molecule has 1 heterocycles. The smallest absolute Gasteiger partial charge is 0.306 e. The Morgan fingerprint density at radius 2 is 1.86 bits per heavy atom. The Kier molecular flexibility index (Phi) is 2.74. The Balaban J connectivity index is 2.08. The first-order valence-electron chi connectivity index (χ1n) is 5.26. The molecule has 0 aromatic heterocycles. The molecule has 3 N–H and O–H groups in total. The molecule has 2 atom stereocenters. The van der Waals surface area contributed by atoms with Gasteiger partial charge in [-0.05, 0) is 43.7 Å². The normalized spacial score (nSPS) is 42.1. The second-order valence-corrected chi connectivity index (χ2v) is 4.53. The van der Waals surface area contributed by atoms with Crippen molar-refractivity contribution >= 4 is 5.97 Å². The Morgan fingerprint density at radius 3 is 2.29 bits per heavy atom. The molecular weight excluding hydrogens is 182 g/mol. The molecular formula is C10H17NO3. The quantitative estimate of drug-likeness (QED) is 0.582. The van der Waals surface area contributed by atoms with E-state index in [1.807, 2.05) is 0 Å². The zero-order valence-corrected chi connectivity index (χ0v) is 8.15. The summed E-state index contributed by atoms with van der Waals surface area (Å²) in [6.07, 6.45) is 1.45. The predicted molar refractivity (Wildman–Crippen MR) is 50.8 cm³/mol. The van der Waals surface area contributed by atoms with Crippen LogP contribution in [-0.4, -0.2) is 35.9 Å². The summed E-state index contributed by atoms with van der Waals surface area (Å²) < 4.78 is 0. The number of aliphatic hydroxyl groups excluding tert-OH is 1. The van der Waals surface area contributed by atoms with E-state index in [0.29, 0.717) is 17.8 Å². The van der Waals surface area contributed by atoms with Crippen LogP contribution >= 0.6 is 0 Å². The van der Waals surface area contributed by atoms with Gasteiger partial charge in [-0.3, -0.25) is 4.79 Å². The van der Waals surface area contributed by atoms with Gasteiger partial charge in [0.25, 0.3) is 0 Å². The summed E-state index contributed by atoms with van der Waals surface area (Å²) in [5.74, 6) is 0.183. The van der Waals surface area contributed by atoms with Crippen LogP contribution in [-0.2, 0) is 4.79 Å². The van der Waals surface area contributed by atoms with E-state index in [4.69, 9.17) is 5.11 Å². The minimum absolute atomic E-state index is 0.185. The zero-order valence-electron chi connectivity index (χ0n) is 8.15. The maximum absolute atomic E-state index is 10.9. The molecule has 14 heavy (non-hydrogen) atoms. The monoisotopic (exact) mass is 199 g/mol. The molecule has 1 saturated carbocycles. The molecule has 1 aliphatic heterocycles. The minimum atomic E-state index is -0.668. The Bertz CT molecular complexity index is 217. The average Bonchev–Trinajstić information content (AvgIpc) is 2.15. The molecule has 4 heteroatoms. The number of carbonyl (C=O) groups is 1. The standard InChI is InChI=1S/C10H17NO3/c12-5-9-7-1-6(10(13)14)2-8(9)4-11-3-7/h6-9,11-12H,1-5H2,(H,13,14). The summed E-state index contributed by atoms with van der Waals surface area (Å²) >= 11 is 0. The largest absolute Gasteiger partial charge is 0.481 e. The van der Waals surface area contributed by atoms with E-state index in [1.165, 1.54) is 0 Å². The fraction of sp³-hybridized carbons (Fsp3) is 0.900. The third-order valence-corrected chi connectivity index (χ3v) is 3.76. The van der Waals surface area contributed by atoms with Crippen molar-refractivity contribution in [3.8, 4) is 0 Å². The van der Waals surface area contributed by atoms with Crippen LogP contribution in [0.3, 0.4) is 0 Å². The van der Waals surface area contributed by atoms with Crippen molar-refractivity contribution in [3.05, 3.63) is 0 Å². The van der Waals surface area contributed by atoms with E-state index >= 15 is 0 Å². The van der Waals surface area contributed by atoms with Gasteiger partial charge in [0, 0.05) is 6.61 Å². The number of hydrogen-bond donors (Lipinski definition) is 3. The highest BCUT2D eigenvalue weighted by Gasteiger charge is 2.41. The molecule has 2 unspecified atom stereocenters. The van der Waals surface area contributed by atoms with Crippen LogP contribution in [0.4, 0.5) is 0 Å². The van der Waals surface area contributed by atoms with Crippen LogP contribution in [0.1, 0.15) is 12.8 Å². The van der Waals surface area contributed by atoms with Crippen molar-refractivity contribution < 1.29 is 15.0 Å². The van der Waals surface area contributed by atoms with Gasteiger partial charge in [-0.2, -0.15) is 0 Å². The first kappa shape index (κ1) is 9.93. The van der Waals surface area contributed by atoms with E-state index < -0.39 is 5.97 Å². The second kappa shape index (κ2) is 3.87. The summed E-state index contributed by atoms with van der Waals surface area (Å²) in [5.41, 5.74) is 0. The average molecular weight is 199 g/mol. The third kappa shape index (κ3) is 1.64. The molecule has 2 bridgehead atoms. The number of nitrogens with one attached hydrogen (secondary N) is 1. The van der Waals surface area contributed by atoms with Gasteiger partial charge in [0.2, 0.25) is 0 Å². The molecule has 0 amide bonds. The lowest BCUT2D eigenvalue weighted by atomic mass is 9.66. The number of hydrogen-bond acceptors (Lipinski definition) is 3. The lowest BCUT2D eigenvalue weighted by Crippen LogP contribution is -2.50. The van der Waals surface area contributed by atoms with Gasteiger partial charge in [0.15, 0.2) is 0 Å². The third-order valence-electron chi connectivity index (χ3n) is 3.76. The molecule has 0 radical (unpaired) electrons. The lowest BCUT2D eigenvalue weighted by Gasteiger charge is -2.44. The van der Waals surface area contributed by atoms with Gasteiger partial charge >= 0.3 is 5.97 Å². The first-order valence-corrected chi connectivity index (χ1v) is 5.26. The van der Waals surface area contributed by atoms with Gasteiger partial charge in [0.05, 0.1) is 5.92 Å². The highest BCUT2D eigenvalue weighted by molar-refractivity contribution is 5.70. The number of carboxylic acid groups (broad SMARTS) is 1. The molecule has 2 rings (SSSR count). The van der Waals surface area contributed by atoms with Crippen LogP contribution in [0.25, 0.3) is 0 Å². The van der Waals surface area contributed by atoms with Crippen molar-refractivity contribution in [1.29, 1.82) is 0 Å². The summed E-state index contributed by atoms with van der Waals surface area (Å²) in [4.78, 5) is 10.9. The van der Waals surface area contributed by atoms with E-state index in [-0.39, 0.29) is 12.5 Å². The highest BCUT2D eigenvalue weighted by atomic mass is 16.4. The van der Waals surface area contributed by atoms with Gasteiger partial charge in [0.1, 0.15) is 0 Å². The van der Waals surface area contributed by atoms with Crippen molar-refractivity contribution in [2.45, 2.75) is 12.8 Å². The lowest BCUT2D eigenvalue weighted by molar-refractivity contribution is -0.146. The van der Waals surface area contributed by atoms with Crippen molar-refractivity contribution in [1.82, 2.24) is 5.32 Å². The summed E-state index contributed by atoms with van der Waals surface area (Å²) in [6.45, 7) is 1.94. The van der Waals surface area contributed by atoms with Gasteiger partial charge in [-0.15, -0.1) is 0 Å². The summed E-state index contributed by atoms with van der Waals surface area (Å²) in [5, 5.41) is 21.5. The molecule has 2 fully saturated rings. The summed E-state index contributed by atoms with van der Waals surface area (Å²) in [7, 11) is 0. The molecule has 80 valence electrons. The zero-order chi connectivity index (χ0) is 10.1. The van der Waals surface area contributed by atoms with Crippen LogP contribution in [0, 0.1) is 23.7 Å². The Morgan fingerprint density at radius 1 is 1.29 bits per heavy atom. The Labute approximate surface area is 83.3 Å². The minimum Gasteiger partial charge on any atom is -0.481 e. The highest BCUT2D eigenvalue weighted by Crippen LogP contribution is 2.39. The van der Waals surface area contributed by atoms with Crippen molar-refractivity contribution in [2.24, 2.45) is 23.7 Å². The van der Waals surface area contributed by atoms with E-state index in [0.717, 1.165) is 25.9 Å². The van der Waals surface area contributed by atoms with Crippen LogP contribution < -0.4 is 5.32 Å². The maximum Gasteiger partial charge on any atom is 0.306 e. The Hall–Kier alpha value is -0.610. The number of carboxylic acids is 1. The molecule has 4 nitrogen and oxygen atoms in total. The number of fused-ring (bicyclic) bond motifs is 2. The molecule has 1 saturated heterocycles. The van der Waals surface area contributed by atoms with Gasteiger partial charge in [-0.25, -0.2) is 0 Å². The first-order chi connectivity index (χ1) is 6.72. The molecule has 1 aliphatic carbocycles. The topological polar surface area (TPSA) is 69.6 Å². The van der Waals surface area contributed by atoms with Crippen LogP contribution in [0.15, 0.2) is 0 Å². The van der Waals surface area contributed by atoms with Gasteiger partial charge in [-0.1, -0.05) is 0 Å². The molecule has 2 aliphatic rings. The fourth-order valence-electron chi connectivity index (χ4n) is 2.98. The van der Waals surface area contributed by atoms with Crippen molar-refractivity contribution in [2.75, 3.05) is 19.7 Å². The molecule has 0 aromatic carbocycles. The predicted octanol–water partition coefficient (Wildman–Crippen LogP) is -0.0749. The second-order valence-electron chi connectivity index (χ2n) is 4.53. The SMILES string of the molecule is O=C(O)C1CC2CNCC(C1)C2CO. The summed E-state index contributed by atoms with van der Waals surface area (Å²) in [6, 6.07) is 0. The maximum atomic E-state index is 10.9. The van der Waals surface area contributed by atoms with E-state index in [9.17, 15) is 9.90 Å². The fourth-order valence-corrected chi connectivity index (χ4v) is 2.98. The molecule has 0 aromatic rings. The van der Waals surface area contributed by atoms with Gasteiger partial charge < -0.3 is 15.5 Å². The number of aliphatic carboxylic acids is 1. The number of aliphatic hydroxyl groups is 1. The van der Waals surface area contributed by atoms with E-state index in [2.05, 4.69) is 5.32 Å². The van der Waals surface area contributed by atoms with Crippen LogP contribution in [0.5, 0.6) is 0 Å².